The Bertz CT molecular complexity index is 663. The average molecular weight is 314 g/mol. The third kappa shape index (κ3) is 3.67. The number of anilines is 1. The Labute approximate surface area is 136 Å². The number of hydrogen-bond donors (Lipinski definition) is 1. The van der Waals surface area contributed by atoms with Crippen molar-refractivity contribution in [2.75, 3.05) is 31.1 Å². The van der Waals surface area contributed by atoms with Gasteiger partial charge in [0.1, 0.15) is 17.5 Å². The third-order valence-corrected chi connectivity index (χ3v) is 4.23. The predicted octanol–water partition coefficient (Wildman–Crippen LogP) is 2.49. The summed E-state index contributed by atoms with van der Waals surface area (Å²) in [6, 6.07) is 6.72. The summed E-state index contributed by atoms with van der Waals surface area (Å²) in [5.41, 5.74) is 3.35. The van der Waals surface area contributed by atoms with Crippen molar-refractivity contribution in [1.82, 2.24) is 15.3 Å². The van der Waals surface area contributed by atoms with Gasteiger partial charge < -0.3 is 10.2 Å². The summed E-state index contributed by atoms with van der Waals surface area (Å²) in [7, 11) is 0. The molecule has 122 valence electrons. The number of nitrogens with zero attached hydrogens (tertiary/aromatic N) is 3. The van der Waals surface area contributed by atoms with Crippen molar-refractivity contribution in [3.63, 3.8) is 0 Å². The van der Waals surface area contributed by atoms with Gasteiger partial charge in [0.15, 0.2) is 0 Å². The maximum absolute atomic E-state index is 13.2. The Hall–Kier alpha value is -2.01. The molecule has 5 heteroatoms. The fourth-order valence-corrected chi connectivity index (χ4v) is 3.06. The summed E-state index contributed by atoms with van der Waals surface area (Å²) in [5, 5.41) is 3.38. The van der Waals surface area contributed by atoms with Gasteiger partial charge >= 0.3 is 0 Å². The molecular weight excluding hydrogens is 291 g/mol. The van der Waals surface area contributed by atoms with Crippen molar-refractivity contribution in [3.05, 3.63) is 52.7 Å². The van der Waals surface area contributed by atoms with Crippen molar-refractivity contribution >= 4 is 5.82 Å². The molecule has 3 rings (SSSR count). The van der Waals surface area contributed by atoms with Crippen LogP contribution in [-0.2, 0) is 12.8 Å². The summed E-state index contributed by atoms with van der Waals surface area (Å²) >= 11 is 0. The van der Waals surface area contributed by atoms with Crippen LogP contribution in [0.15, 0.2) is 24.3 Å². The zero-order valence-corrected chi connectivity index (χ0v) is 13.8. The van der Waals surface area contributed by atoms with Gasteiger partial charge in [-0.25, -0.2) is 14.4 Å². The van der Waals surface area contributed by atoms with Crippen LogP contribution >= 0.6 is 0 Å². The first-order valence-electron chi connectivity index (χ1n) is 8.24. The van der Waals surface area contributed by atoms with Crippen LogP contribution in [0, 0.1) is 12.7 Å². The van der Waals surface area contributed by atoms with Crippen LogP contribution in [0.5, 0.6) is 0 Å². The zero-order chi connectivity index (χ0) is 16.2. The molecular formula is C18H23FN4. The minimum atomic E-state index is -0.202. The van der Waals surface area contributed by atoms with Crippen LogP contribution in [0.3, 0.4) is 0 Å². The van der Waals surface area contributed by atoms with Crippen LogP contribution in [-0.4, -0.2) is 36.1 Å². The van der Waals surface area contributed by atoms with Crippen molar-refractivity contribution in [3.8, 4) is 0 Å². The molecule has 1 aliphatic heterocycles. The maximum Gasteiger partial charge on any atom is 0.136 e. The number of halogens is 1. The minimum Gasteiger partial charge on any atom is -0.354 e. The normalized spacial score (nSPS) is 15.0. The van der Waals surface area contributed by atoms with E-state index in [1.807, 2.05) is 19.1 Å². The van der Waals surface area contributed by atoms with E-state index in [0.717, 1.165) is 61.9 Å². The second-order valence-corrected chi connectivity index (χ2v) is 5.91. The number of rotatable bonds is 4. The number of aromatic nitrogens is 2. The van der Waals surface area contributed by atoms with Crippen LogP contribution < -0.4 is 10.2 Å². The van der Waals surface area contributed by atoms with Gasteiger partial charge in [0.25, 0.3) is 0 Å². The standard InChI is InChI=1S/C18H23FN4/c1-3-17-16(12-14-4-6-15(19)7-5-14)18(22-13(2)21-17)23-10-8-20-9-11-23/h4-7,20H,3,8-12H2,1-2H3. The highest BCUT2D eigenvalue weighted by Gasteiger charge is 2.19. The van der Waals surface area contributed by atoms with Crippen LogP contribution in [0.25, 0.3) is 0 Å². The molecule has 1 fully saturated rings. The first kappa shape index (κ1) is 15.9. The molecule has 4 nitrogen and oxygen atoms in total. The Morgan fingerprint density at radius 3 is 2.48 bits per heavy atom. The van der Waals surface area contributed by atoms with Crippen LogP contribution in [0.2, 0.25) is 0 Å². The Kier molecular flexibility index (Phi) is 4.86. The van der Waals surface area contributed by atoms with E-state index in [1.165, 1.54) is 17.7 Å². The molecule has 0 atom stereocenters. The van der Waals surface area contributed by atoms with Crippen molar-refractivity contribution in [2.24, 2.45) is 0 Å². The fraction of sp³-hybridized carbons (Fsp3) is 0.444. The highest BCUT2D eigenvalue weighted by atomic mass is 19.1. The molecule has 1 aliphatic rings. The van der Waals surface area contributed by atoms with Gasteiger partial charge in [-0.2, -0.15) is 0 Å². The molecule has 1 aromatic heterocycles. The van der Waals surface area contributed by atoms with E-state index in [4.69, 9.17) is 4.98 Å². The highest BCUT2D eigenvalue weighted by molar-refractivity contribution is 5.52. The minimum absolute atomic E-state index is 0.202. The molecule has 1 saturated heterocycles. The smallest absolute Gasteiger partial charge is 0.136 e. The first-order valence-corrected chi connectivity index (χ1v) is 8.24. The first-order chi connectivity index (χ1) is 11.2. The average Bonchev–Trinajstić information content (AvgIpc) is 2.58. The lowest BCUT2D eigenvalue weighted by Crippen LogP contribution is -2.44. The number of benzene rings is 1. The summed E-state index contributed by atoms with van der Waals surface area (Å²) in [6.45, 7) is 7.93. The summed E-state index contributed by atoms with van der Waals surface area (Å²) in [6.07, 6.45) is 1.61. The zero-order valence-electron chi connectivity index (χ0n) is 13.8. The lowest BCUT2D eigenvalue weighted by molar-refractivity contribution is 0.581. The molecule has 2 aromatic rings. The van der Waals surface area contributed by atoms with Crippen LogP contribution in [0.1, 0.15) is 29.6 Å². The maximum atomic E-state index is 13.2. The number of hydrogen-bond acceptors (Lipinski definition) is 4. The van der Waals surface area contributed by atoms with E-state index >= 15 is 0 Å². The molecule has 0 unspecified atom stereocenters. The second kappa shape index (κ2) is 7.04. The lowest BCUT2D eigenvalue weighted by Gasteiger charge is -2.31. The molecule has 2 heterocycles. The third-order valence-electron chi connectivity index (χ3n) is 4.23. The van der Waals surface area contributed by atoms with E-state index in [9.17, 15) is 4.39 Å². The van der Waals surface area contributed by atoms with E-state index in [2.05, 4.69) is 22.1 Å². The van der Waals surface area contributed by atoms with Gasteiger partial charge in [0.05, 0.1) is 0 Å². The topological polar surface area (TPSA) is 41.1 Å². The Balaban J connectivity index is 1.99. The van der Waals surface area contributed by atoms with Gasteiger partial charge in [-0.1, -0.05) is 19.1 Å². The highest BCUT2D eigenvalue weighted by Crippen LogP contribution is 2.25. The summed E-state index contributed by atoms with van der Waals surface area (Å²) < 4.78 is 13.2. The largest absolute Gasteiger partial charge is 0.354 e. The van der Waals surface area contributed by atoms with Gasteiger partial charge in [0.2, 0.25) is 0 Å². The molecule has 1 N–H and O–H groups in total. The molecule has 0 aliphatic carbocycles. The van der Waals surface area contributed by atoms with E-state index in [1.54, 1.807) is 0 Å². The van der Waals surface area contributed by atoms with E-state index in [0.29, 0.717) is 0 Å². The SMILES string of the molecule is CCc1nc(C)nc(N2CCNCC2)c1Cc1ccc(F)cc1. The molecule has 1 aromatic carbocycles. The molecule has 0 amide bonds. The van der Waals surface area contributed by atoms with Crippen LogP contribution in [0.4, 0.5) is 10.2 Å². The summed E-state index contributed by atoms with van der Waals surface area (Å²) in [4.78, 5) is 11.7. The Morgan fingerprint density at radius 1 is 1.13 bits per heavy atom. The van der Waals surface area contributed by atoms with Crippen molar-refractivity contribution in [1.29, 1.82) is 0 Å². The molecule has 0 bridgehead atoms. The van der Waals surface area contributed by atoms with Gasteiger partial charge in [-0.15, -0.1) is 0 Å². The Morgan fingerprint density at radius 2 is 1.83 bits per heavy atom. The molecule has 0 saturated carbocycles. The molecule has 0 spiro atoms. The van der Waals surface area contributed by atoms with Crippen molar-refractivity contribution < 1.29 is 4.39 Å². The quantitative estimate of drug-likeness (QED) is 0.941. The molecule has 0 radical (unpaired) electrons. The fourth-order valence-electron chi connectivity index (χ4n) is 3.06. The number of nitrogens with one attached hydrogen (secondary N) is 1. The van der Waals surface area contributed by atoms with Gasteiger partial charge in [-0.3, -0.25) is 0 Å². The predicted molar refractivity (Wildman–Crippen MR) is 90.4 cm³/mol. The van der Waals surface area contributed by atoms with E-state index in [-0.39, 0.29) is 5.82 Å². The van der Waals surface area contributed by atoms with Gasteiger partial charge in [-0.05, 0) is 31.0 Å². The summed E-state index contributed by atoms with van der Waals surface area (Å²) in [5.74, 6) is 1.66. The number of piperazine rings is 1. The van der Waals surface area contributed by atoms with Crippen molar-refractivity contribution in [2.45, 2.75) is 26.7 Å². The van der Waals surface area contributed by atoms with Gasteiger partial charge in [0, 0.05) is 43.9 Å². The molecule has 23 heavy (non-hydrogen) atoms. The second-order valence-electron chi connectivity index (χ2n) is 5.91. The van der Waals surface area contributed by atoms with E-state index < -0.39 is 0 Å². The lowest BCUT2D eigenvalue weighted by atomic mass is 10.0. The monoisotopic (exact) mass is 314 g/mol. The number of aryl methyl sites for hydroxylation is 2.